The van der Waals surface area contributed by atoms with Crippen LogP contribution in [0.5, 0.6) is 0 Å². The van der Waals surface area contributed by atoms with E-state index in [0.717, 1.165) is 53.9 Å². The lowest BCUT2D eigenvalue weighted by atomic mass is 9.80. The summed E-state index contributed by atoms with van der Waals surface area (Å²) in [5, 5.41) is 1.54. The molecule has 0 saturated heterocycles. The Balaban J connectivity index is 1.55. The Morgan fingerprint density at radius 3 is 2.18 bits per heavy atom. The van der Waals surface area contributed by atoms with Gasteiger partial charge in [-0.2, -0.15) is 0 Å². The van der Waals surface area contributed by atoms with Crippen LogP contribution in [0.2, 0.25) is 5.02 Å². The van der Waals surface area contributed by atoms with Gasteiger partial charge in [0, 0.05) is 20.2 Å². The number of thiophene rings is 2. The largest absolute Gasteiger partial charge is 0.462 e. The van der Waals surface area contributed by atoms with Crippen LogP contribution >= 0.6 is 45.9 Å². The van der Waals surface area contributed by atoms with E-state index in [9.17, 15) is 9.59 Å². The topological polar surface area (TPSA) is 52.6 Å². The molecule has 1 aliphatic carbocycles. The van der Waals surface area contributed by atoms with Crippen molar-refractivity contribution in [1.29, 1.82) is 0 Å². The van der Waals surface area contributed by atoms with Crippen molar-refractivity contribution >= 4 is 79.5 Å². The van der Waals surface area contributed by atoms with Crippen LogP contribution in [0.25, 0.3) is 32.9 Å². The van der Waals surface area contributed by atoms with Crippen molar-refractivity contribution in [2.24, 2.45) is 0 Å². The Labute approximate surface area is 246 Å². The summed E-state index contributed by atoms with van der Waals surface area (Å²) in [5.74, 6) is -0.616. The number of hydrogen-bond donors (Lipinski definition) is 0. The highest BCUT2D eigenvalue weighted by Gasteiger charge is 2.35. The maximum Gasteiger partial charge on any atom is 0.348 e. The number of carbonyl (C=O) groups is 2. The summed E-state index contributed by atoms with van der Waals surface area (Å²) in [6.07, 6.45) is 2.73. The van der Waals surface area contributed by atoms with Crippen LogP contribution in [0.1, 0.15) is 67.2 Å². The molecule has 0 amide bonds. The maximum absolute atomic E-state index is 12.3. The Hall–Kier alpha value is -2.64. The minimum Gasteiger partial charge on any atom is -0.462 e. The molecule has 0 bridgehead atoms. The number of esters is 2. The minimum atomic E-state index is -0.629. The first-order chi connectivity index (χ1) is 18.5. The van der Waals surface area contributed by atoms with Crippen LogP contribution in [0.4, 0.5) is 0 Å². The molecule has 0 radical (unpaired) electrons. The summed E-state index contributed by atoms with van der Waals surface area (Å²) < 4.78 is 11.4. The third-order valence-electron chi connectivity index (χ3n) is 7.13. The van der Waals surface area contributed by atoms with Gasteiger partial charge in [0.25, 0.3) is 0 Å². The number of alkyl halides is 1. The van der Waals surface area contributed by atoms with E-state index in [0.29, 0.717) is 34.4 Å². The summed E-state index contributed by atoms with van der Waals surface area (Å²) in [5.41, 5.74) is 7.33. The van der Waals surface area contributed by atoms with E-state index < -0.39 is 4.87 Å². The Morgan fingerprint density at radius 2 is 1.51 bits per heavy atom. The van der Waals surface area contributed by atoms with Gasteiger partial charge in [-0.05, 0) is 110 Å². The first kappa shape index (κ1) is 27.9. The molecule has 0 spiro atoms. The molecule has 0 saturated carbocycles. The van der Waals surface area contributed by atoms with Gasteiger partial charge in [-0.15, -0.1) is 34.3 Å². The zero-order chi connectivity index (χ0) is 28.1. The molecule has 5 rings (SSSR count). The predicted octanol–water partition coefficient (Wildman–Crippen LogP) is 9.35. The van der Waals surface area contributed by atoms with Gasteiger partial charge in [-0.3, -0.25) is 0 Å². The zero-order valence-electron chi connectivity index (χ0n) is 22.4. The molecule has 0 aliphatic heterocycles. The first-order valence-electron chi connectivity index (χ1n) is 12.8. The van der Waals surface area contributed by atoms with Gasteiger partial charge in [0.2, 0.25) is 0 Å². The molecule has 202 valence electrons. The molecule has 0 fully saturated rings. The lowest BCUT2D eigenvalue weighted by Crippen LogP contribution is -2.25. The summed E-state index contributed by atoms with van der Waals surface area (Å²) in [6, 6.07) is 11.9. The maximum atomic E-state index is 12.3. The van der Waals surface area contributed by atoms with Gasteiger partial charge in [0.1, 0.15) is 9.75 Å². The fraction of sp³-hybridized carbons (Fsp3) is 0.290. The molecule has 2 heterocycles. The highest BCUT2D eigenvalue weighted by molar-refractivity contribution is 7.20. The number of ether oxygens (including phenoxy) is 2. The quantitative estimate of drug-likeness (QED) is 0.164. The van der Waals surface area contributed by atoms with Crippen molar-refractivity contribution in [3.63, 3.8) is 0 Å². The van der Waals surface area contributed by atoms with Crippen LogP contribution < -0.4 is 0 Å². The number of carbonyl (C=O) groups excluding carboxylic acids is 2. The summed E-state index contributed by atoms with van der Waals surface area (Å²) >= 11 is 16.8. The molecular formula is C31H28Cl2O4S2. The molecule has 8 heteroatoms. The highest BCUT2D eigenvalue weighted by atomic mass is 35.5. The fourth-order valence-corrected chi connectivity index (χ4v) is 7.64. The van der Waals surface area contributed by atoms with Crippen LogP contribution in [0.15, 0.2) is 36.4 Å². The average Bonchev–Trinajstić information content (AvgIpc) is 3.48. The second-order valence-electron chi connectivity index (χ2n) is 9.76. The van der Waals surface area contributed by atoms with E-state index in [1.54, 1.807) is 13.8 Å². The van der Waals surface area contributed by atoms with E-state index in [4.69, 9.17) is 32.7 Å². The second-order valence-corrected chi connectivity index (χ2v) is 13.2. The van der Waals surface area contributed by atoms with Crippen LogP contribution in [-0.4, -0.2) is 30.0 Å². The first-order valence-corrected chi connectivity index (χ1v) is 15.1. The van der Waals surface area contributed by atoms with Crippen molar-refractivity contribution in [3.8, 4) is 11.1 Å². The van der Waals surface area contributed by atoms with Gasteiger partial charge >= 0.3 is 11.9 Å². The molecule has 1 atom stereocenters. The summed E-state index contributed by atoms with van der Waals surface area (Å²) in [6.45, 7) is 10.5. The number of benzene rings is 2. The number of rotatable bonds is 6. The molecule has 0 N–H and O–H groups in total. The van der Waals surface area contributed by atoms with Gasteiger partial charge in [0.05, 0.1) is 18.1 Å². The second kappa shape index (κ2) is 10.7. The van der Waals surface area contributed by atoms with Gasteiger partial charge in [-0.25, -0.2) is 9.59 Å². The molecule has 1 aliphatic rings. The fourth-order valence-electron chi connectivity index (χ4n) is 5.07. The van der Waals surface area contributed by atoms with Crippen molar-refractivity contribution in [1.82, 2.24) is 0 Å². The van der Waals surface area contributed by atoms with Crippen LogP contribution in [0, 0.1) is 13.8 Å². The Morgan fingerprint density at radius 1 is 0.897 bits per heavy atom. The van der Waals surface area contributed by atoms with Crippen molar-refractivity contribution < 1.29 is 19.1 Å². The van der Waals surface area contributed by atoms with E-state index in [1.165, 1.54) is 22.7 Å². The molecular weight excluding hydrogens is 571 g/mol. The minimum absolute atomic E-state index is 0.298. The summed E-state index contributed by atoms with van der Waals surface area (Å²) in [7, 11) is 0. The molecule has 2 aromatic heterocycles. The number of halogens is 2. The van der Waals surface area contributed by atoms with E-state index >= 15 is 0 Å². The third-order valence-corrected chi connectivity index (χ3v) is 9.96. The van der Waals surface area contributed by atoms with Gasteiger partial charge in [-0.1, -0.05) is 23.7 Å². The van der Waals surface area contributed by atoms with Crippen molar-refractivity contribution in [3.05, 3.63) is 78.3 Å². The smallest absolute Gasteiger partial charge is 0.348 e. The van der Waals surface area contributed by atoms with Gasteiger partial charge < -0.3 is 9.47 Å². The number of allylic oxidation sites excluding steroid dienone is 1. The highest BCUT2D eigenvalue weighted by Crippen LogP contribution is 2.47. The monoisotopic (exact) mass is 598 g/mol. The van der Waals surface area contributed by atoms with Crippen molar-refractivity contribution in [2.45, 2.75) is 45.9 Å². The lowest BCUT2D eigenvalue weighted by molar-refractivity contribution is 0.0522. The summed E-state index contributed by atoms with van der Waals surface area (Å²) in [4.78, 5) is 26.1. The van der Waals surface area contributed by atoms with Crippen LogP contribution in [0.3, 0.4) is 0 Å². The Kier molecular flexibility index (Phi) is 7.68. The average molecular weight is 600 g/mol. The van der Waals surface area contributed by atoms with E-state index in [1.807, 2.05) is 31.2 Å². The van der Waals surface area contributed by atoms with Crippen molar-refractivity contribution in [2.75, 3.05) is 13.2 Å². The number of hydrogen-bond acceptors (Lipinski definition) is 6. The Bertz CT molecular complexity index is 1660. The SMILES string of the molecule is CCOC(=O)c1cc2c(s1)C=C(c1ccc(-c3cc4sc(C(=O)OCC)cc4cc3Cl)c(C)c1C)C(C)(Cl)C2. The molecule has 2 aromatic carbocycles. The third kappa shape index (κ3) is 5.16. The predicted molar refractivity (Wildman–Crippen MR) is 164 cm³/mol. The normalized spacial score (nSPS) is 16.6. The van der Waals surface area contributed by atoms with Crippen LogP contribution in [-0.2, 0) is 15.9 Å². The molecule has 39 heavy (non-hydrogen) atoms. The molecule has 4 aromatic rings. The van der Waals surface area contributed by atoms with E-state index in [2.05, 4.69) is 32.1 Å². The number of fused-ring (bicyclic) bond motifs is 2. The standard InChI is InChI=1S/C31H28Cl2O4S2/c1-6-36-29(34)27-11-18-10-24(32)22(13-25(18)38-27)20-8-9-21(17(4)16(20)3)23-14-26-19(15-31(23,5)33)12-28(39-26)30(35)37-7-2/h8-14H,6-7,15H2,1-5H3. The van der Waals surface area contributed by atoms with E-state index in [-0.39, 0.29) is 11.9 Å². The van der Waals surface area contributed by atoms with Gasteiger partial charge in [0.15, 0.2) is 0 Å². The zero-order valence-corrected chi connectivity index (χ0v) is 25.5. The molecule has 4 nitrogen and oxygen atoms in total. The molecule has 1 unspecified atom stereocenters. The lowest BCUT2D eigenvalue weighted by Gasteiger charge is -2.31.